The Hall–Kier alpha value is -1.34. The minimum absolute atomic E-state index is 0.0481. The SMILES string of the molecule is CC(C)[C@H](C[C@@H]1OC(C)(C)N(C(=O)OC(C)(C)C)[C@H]1CC1CCCCC1)C(=O)NCCCN. The Morgan fingerprint density at radius 1 is 1.18 bits per heavy atom. The number of hydrogen-bond acceptors (Lipinski definition) is 5. The first-order valence-electron chi connectivity index (χ1n) is 13.0. The summed E-state index contributed by atoms with van der Waals surface area (Å²) in [7, 11) is 0. The van der Waals surface area contributed by atoms with Crippen molar-refractivity contribution in [3.8, 4) is 0 Å². The van der Waals surface area contributed by atoms with Crippen molar-refractivity contribution in [2.24, 2.45) is 23.5 Å². The van der Waals surface area contributed by atoms with Crippen LogP contribution in [0.2, 0.25) is 0 Å². The highest BCUT2D eigenvalue weighted by Gasteiger charge is 2.52. The number of nitrogens with zero attached hydrogens (tertiary/aromatic N) is 1. The second-order valence-corrected chi connectivity index (χ2v) is 11.8. The van der Waals surface area contributed by atoms with Crippen LogP contribution in [0.25, 0.3) is 0 Å². The molecule has 1 aliphatic carbocycles. The van der Waals surface area contributed by atoms with Crippen molar-refractivity contribution in [2.75, 3.05) is 13.1 Å². The lowest BCUT2D eigenvalue weighted by Crippen LogP contribution is -2.51. The molecule has 7 heteroatoms. The first-order chi connectivity index (χ1) is 15.4. The van der Waals surface area contributed by atoms with Crippen molar-refractivity contribution >= 4 is 12.0 Å². The summed E-state index contributed by atoms with van der Waals surface area (Å²) in [4.78, 5) is 28.2. The number of nitrogens with one attached hydrogen (secondary N) is 1. The van der Waals surface area contributed by atoms with Gasteiger partial charge in [-0.05, 0) is 72.3 Å². The average Bonchev–Trinajstić information content (AvgIpc) is 2.94. The summed E-state index contributed by atoms with van der Waals surface area (Å²) in [6, 6.07) is -0.101. The molecule has 0 aromatic heterocycles. The van der Waals surface area contributed by atoms with E-state index in [1.165, 1.54) is 32.1 Å². The van der Waals surface area contributed by atoms with Crippen molar-refractivity contribution < 1.29 is 19.1 Å². The first-order valence-corrected chi connectivity index (χ1v) is 13.0. The fourth-order valence-corrected chi connectivity index (χ4v) is 5.34. The number of carbonyl (C=O) groups is 2. The number of hydrogen-bond donors (Lipinski definition) is 2. The third kappa shape index (κ3) is 8.13. The van der Waals surface area contributed by atoms with Gasteiger partial charge < -0.3 is 20.5 Å². The van der Waals surface area contributed by atoms with E-state index in [0.717, 1.165) is 12.8 Å². The van der Waals surface area contributed by atoms with Gasteiger partial charge in [-0.15, -0.1) is 0 Å². The summed E-state index contributed by atoms with van der Waals surface area (Å²) >= 11 is 0. The van der Waals surface area contributed by atoms with Gasteiger partial charge in [0.1, 0.15) is 11.3 Å². The summed E-state index contributed by atoms with van der Waals surface area (Å²) in [6.45, 7) is 14.9. The Morgan fingerprint density at radius 3 is 2.36 bits per heavy atom. The van der Waals surface area contributed by atoms with Gasteiger partial charge in [0.05, 0.1) is 12.1 Å². The molecule has 0 bridgehead atoms. The maximum absolute atomic E-state index is 13.3. The average molecular weight is 468 g/mol. The van der Waals surface area contributed by atoms with Crippen LogP contribution >= 0.6 is 0 Å². The van der Waals surface area contributed by atoms with E-state index >= 15 is 0 Å². The minimum atomic E-state index is -0.788. The molecule has 0 unspecified atom stereocenters. The van der Waals surface area contributed by atoms with E-state index in [2.05, 4.69) is 19.2 Å². The van der Waals surface area contributed by atoms with Crippen LogP contribution in [0, 0.1) is 17.8 Å². The molecule has 1 saturated heterocycles. The third-order valence-electron chi connectivity index (χ3n) is 6.98. The Labute approximate surface area is 201 Å². The standard InChI is InChI=1S/C26H49N3O4/c1-18(2)20(23(30)28-15-11-14-27)17-22-21(16-19-12-9-8-10-13-19)29(26(6,7)32-22)24(31)33-25(3,4)5/h18-22H,8-17,27H2,1-7H3,(H,28,30)/t20-,21-,22-/m0/s1. The van der Waals surface area contributed by atoms with Gasteiger partial charge in [-0.2, -0.15) is 0 Å². The molecule has 2 fully saturated rings. The second kappa shape index (κ2) is 11.9. The zero-order chi connectivity index (χ0) is 24.8. The molecule has 192 valence electrons. The van der Waals surface area contributed by atoms with Gasteiger partial charge >= 0.3 is 6.09 Å². The predicted octanol–water partition coefficient (Wildman–Crippen LogP) is 4.82. The molecule has 1 saturated carbocycles. The quantitative estimate of drug-likeness (QED) is 0.474. The van der Waals surface area contributed by atoms with Crippen LogP contribution in [-0.2, 0) is 14.3 Å². The monoisotopic (exact) mass is 467 g/mol. The zero-order valence-electron chi connectivity index (χ0n) is 22.1. The molecule has 1 heterocycles. The Balaban J connectivity index is 2.26. The molecule has 0 aromatic carbocycles. The lowest BCUT2D eigenvalue weighted by molar-refractivity contribution is -0.129. The first kappa shape index (κ1) is 27.9. The highest BCUT2D eigenvalue weighted by Crippen LogP contribution is 2.41. The smallest absolute Gasteiger partial charge is 0.412 e. The molecule has 33 heavy (non-hydrogen) atoms. The summed E-state index contributed by atoms with van der Waals surface area (Å²) < 4.78 is 12.3. The van der Waals surface area contributed by atoms with Crippen molar-refractivity contribution in [2.45, 2.75) is 123 Å². The molecule has 0 radical (unpaired) electrons. The summed E-state index contributed by atoms with van der Waals surface area (Å²) in [5.41, 5.74) is 4.22. The van der Waals surface area contributed by atoms with Crippen molar-refractivity contribution in [3.63, 3.8) is 0 Å². The van der Waals surface area contributed by atoms with Crippen molar-refractivity contribution in [1.82, 2.24) is 10.2 Å². The molecule has 1 aliphatic heterocycles. The van der Waals surface area contributed by atoms with E-state index in [1.807, 2.05) is 39.5 Å². The van der Waals surface area contributed by atoms with Crippen molar-refractivity contribution in [3.05, 3.63) is 0 Å². The van der Waals surface area contributed by atoms with Crippen LogP contribution in [0.4, 0.5) is 4.79 Å². The van der Waals surface area contributed by atoms with Gasteiger partial charge in [0.2, 0.25) is 5.91 Å². The van der Waals surface area contributed by atoms with E-state index in [4.69, 9.17) is 15.2 Å². The fourth-order valence-electron chi connectivity index (χ4n) is 5.34. The van der Waals surface area contributed by atoms with Gasteiger partial charge in [0, 0.05) is 12.5 Å². The highest BCUT2D eigenvalue weighted by atomic mass is 16.6. The van der Waals surface area contributed by atoms with Crippen molar-refractivity contribution in [1.29, 1.82) is 0 Å². The van der Waals surface area contributed by atoms with E-state index < -0.39 is 11.3 Å². The Morgan fingerprint density at radius 2 is 1.82 bits per heavy atom. The van der Waals surface area contributed by atoms with Crippen LogP contribution in [0.15, 0.2) is 0 Å². The molecule has 2 rings (SSSR count). The van der Waals surface area contributed by atoms with Crippen LogP contribution < -0.4 is 11.1 Å². The van der Waals surface area contributed by atoms with E-state index in [0.29, 0.717) is 25.4 Å². The fraction of sp³-hybridized carbons (Fsp3) is 0.923. The molecule has 3 atom stereocenters. The minimum Gasteiger partial charge on any atom is -0.444 e. The number of nitrogens with two attached hydrogens (primary N) is 1. The van der Waals surface area contributed by atoms with Crippen LogP contribution in [0.1, 0.15) is 99.8 Å². The van der Waals surface area contributed by atoms with E-state index in [1.54, 1.807) is 0 Å². The Kier molecular flexibility index (Phi) is 10.0. The van der Waals surface area contributed by atoms with E-state index in [9.17, 15) is 9.59 Å². The van der Waals surface area contributed by atoms with Gasteiger partial charge in [0.15, 0.2) is 0 Å². The molecule has 0 spiro atoms. The van der Waals surface area contributed by atoms with E-state index in [-0.39, 0.29) is 36.0 Å². The number of amides is 2. The maximum Gasteiger partial charge on any atom is 0.412 e. The number of ether oxygens (including phenoxy) is 2. The zero-order valence-corrected chi connectivity index (χ0v) is 22.1. The molecule has 3 N–H and O–H groups in total. The van der Waals surface area contributed by atoms with Crippen LogP contribution in [-0.4, -0.2) is 53.5 Å². The number of carbonyl (C=O) groups excluding carboxylic acids is 2. The van der Waals surface area contributed by atoms with Gasteiger partial charge in [-0.1, -0.05) is 46.0 Å². The summed E-state index contributed by atoms with van der Waals surface area (Å²) in [5, 5.41) is 3.04. The van der Waals surface area contributed by atoms with Gasteiger partial charge in [-0.3, -0.25) is 9.69 Å². The molecule has 2 aliphatic rings. The second-order valence-electron chi connectivity index (χ2n) is 11.8. The lowest BCUT2D eigenvalue weighted by atomic mass is 9.81. The lowest BCUT2D eigenvalue weighted by Gasteiger charge is -2.37. The molecular formula is C26H49N3O4. The van der Waals surface area contributed by atoms with Crippen LogP contribution in [0.5, 0.6) is 0 Å². The van der Waals surface area contributed by atoms with Gasteiger partial charge in [0.25, 0.3) is 0 Å². The summed E-state index contributed by atoms with van der Waals surface area (Å²) in [5.74, 6) is 0.605. The molecule has 0 aromatic rings. The molecule has 2 amide bonds. The third-order valence-corrected chi connectivity index (χ3v) is 6.98. The predicted molar refractivity (Wildman–Crippen MR) is 132 cm³/mol. The highest BCUT2D eigenvalue weighted by molar-refractivity contribution is 5.79. The maximum atomic E-state index is 13.3. The number of rotatable bonds is 9. The Bertz CT molecular complexity index is 638. The topological polar surface area (TPSA) is 93.9 Å². The van der Waals surface area contributed by atoms with Crippen LogP contribution in [0.3, 0.4) is 0 Å². The van der Waals surface area contributed by atoms with Gasteiger partial charge in [-0.25, -0.2) is 4.79 Å². The molecule has 7 nitrogen and oxygen atoms in total. The largest absolute Gasteiger partial charge is 0.444 e. The molecular weight excluding hydrogens is 418 g/mol. The normalized spacial score (nSPS) is 24.7. The summed E-state index contributed by atoms with van der Waals surface area (Å²) in [6.07, 6.45) is 7.89.